The molecule has 19 nitrogen and oxygen atoms in total. The molecule has 63 heavy (non-hydrogen) atoms. The molecule has 4 N–H and O–H groups in total. The summed E-state index contributed by atoms with van der Waals surface area (Å²) in [5, 5.41) is 9.26. The van der Waals surface area contributed by atoms with Crippen molar-refractivity contribution in [3.63, 3.8) is 0 Å². The molecule has 1 aromatic rings. The van der Waals surface area contributed by atoms with Gasteiger partial charge in [0.1, 0.15) is 19.0 Å². The Bertz CT molecular complexity index is 1980. The third-order valence-electron chi connectivity index (χ3n) is 10.2. The molecule has 3 rings (SSSR count). The normalized spacial score (nSPS) is 15.8. The molecule has 342 valence electrons. The number of aryl methyl sites for hydroxylation is 1. The zero-order valence-electron chi connectivity index (χ0n) is 35.5. The van der Waals surface area contributed by atoms with Crippen LogP contribution in [0, 0.1) is 11.3 Å². The second-order valence-electron chi connectivity index (χ2n) is 14.7. The Labute approximate surface area is 375 Å². The van der Waals surface area contributed by atoms with Crippen LogP contribution in [-0.4, -0.2) is 136 Å². The topological polar surface area (TPSA) is 282 Å². The highest BCUT2D eigenvalue weighted by Crippen LogP contribution is 2.66. The number of thioether (sulfide) groups is 1. The third kappa shape index (κ3) is 14.5. The Morgan fingerprint density at radius 1 is 0.810 bits per heavy atom. The van der Waals surface area contributed by atoms with Crippen molar-refractivity contribution >= 4 is 115 Å². The second-order valence-corrected chi connectivity index (χ2v) is 18.9. The number of ether oxygens (including phenoxy) is 1. The molecule has 2 saturated heterocycles. The quantitative estimate of drug-likeness (QED) is 0.0373. The number of nitrogens with zero attached hydrogens (tertiary/aromatic N) is 1. The molecule has 0 saturated carbocycles. The zero-order valence-corrected chi connectivity index (χ0v) is 38.0. The highest BCUT2D eigenvalue weighted by atomic mass is 33.2. The number of anilines is 1. The fourth-order valence-corrected chi connectivity index (χ4v) is 10.0. The molecule has 22 heteroatoms. The Balaban J connectivity index is 1.51. The van der Waals surface area contributed by atoms with Gasteiger partial charge in [-0.05, 0) is 51.8 Å². The summed E-state index contributed by atoms with van der Waals surface area (Å²) in [4.78, 5) is 165. The molecule has 2 aliphatic heterocycles. The van der Waals surface area contributed by atoms with Gasteiger partial charge in [0.05, 0.1) is 5.25 Å². The van der Waals surface area contributed by atoms with Gasteiger partial charge in [0.15, 0.2) is 38.8 Å². The van der Waals surface area contributed by atoms with E-state index in [1.165, 1.54) is 14.0 Å². The molecular weight excluding hydrogens is 883 g/mol. The first-order valence-corrected chi connectivity index (χ1v) is 23.1. The Morgan fingerprint density at radius 2 is 1.43 bits per heavy atom. The standard InChI is InChI=1S/C41H51N5O14S3/c1-23(47)40(24(2)48,25(3)49)38(58)28(18-30(51)14-17-61-31-19-37(57)46(39(31)59)16-13-32(52)41(26(4)50)62-63-41)20-44-35(55)21-60-22-36(56)45-29-9-6-27(7-10-29)8-11-34(54)43-15-12-33(53)42-5/h6-7,9-10,28,31H,8,11-22H2,1-5H3,(H,42,53)(H,43,54)(H,44,55)(H,45,56)/t28-,31?/m1/s1. The van der Waals surface area contributed by atoms with Crippen molar-refractivity contribution in [1.82, 2.24) is 20.9 Å². The van der Waals surface area contributed by atoms with Gasteiger partial charge in [0.25, 0.3) is 0 Å². The summed E-state index contributed by atoms with van der Waals surface area (Å²) in [6.45, 7) is 2.20. The Kier molecular flexibility index (Phi) is 20.0. The highest BCUT2D eigenvalue weighted by Gasteiger charge is 2.57. The van der Waals surface area contributed by atoms with Crippen LogP contribution in [0.3, 0.4) is 0 Å². The second kappa shape index (κ2) is 24.1. The van der Waals surface area contributed by atoms with Gasteiger partial charge in [-0.3, -0.25) is 67.2 Å². The van der Waals surface area contributed by atoms with Crippen LogP contribution in [0.2, 0.25) is 0 Å². The van der Waals surface area contributed by atoms with Crippen molar-refractivity contribution in [1.29, 1.82) is 0 Å². The van der Waals surface area contributed by atoms with Crippen LogP contribution in [0.15, 0.2) is 24.3 Å². The number of carbonyl (C=O) groups is 13. The van der Waals surface area contributed by atoms with Crippen LogP contribution in [0.5, 0.6) is 0 Å². The van der Waals surface area contributed by atoms with Gasteiger partial charge >= 0.3 is 0 Å². The average Bonchev–Trinajstić information content (AvgIpc) is 3.99. The summed E-state index contributed by atoms with van der Waals surface area (Å²) >= 11 is 1.01. The zero-order chi connectivity index (χ0) is 47.1. The lowest BCUT2D eigenvalue weighted by Gasteiger charge is -2.28. The number of imide groups is 1. The maximum absolute atomic E-state index is 13.9. The van der Waals surface area contributed by atoms with Gasteiger partial charge in [0, 0.05) is 82.6 Å². The summed E-state index contributed by atoms with van der Waals surface area (Å²) in [5.41, 5.74) is -1.49. The number of hydrogen-bond acceptors (Lipinski definition) is 17. The van der Waals surface area contributed by atoms with Gasteiger partial charge in [0.2, 0.25) is 40.9 Å². The summed E-state index contributed by atoms with van der Waals surface area (Å²) in [6.07, 6.45) is -0.432. The summed E-state index contributed by atoms with van der Waals surface area (Å²) in [7, 11) is 3.75. The lowest BCUT2D eigenvalue weighted by atomic mass is 9.68. The molecular formula is C41H51N5O14S3. The van der Waals surface area contributed by atoms with Crippen LogP contribution >= 0.6 is 33.3 Å². The first-order chi connectivity index (χ1) is 29.7. The van der Waals surface area contributed by atoms with E-state index in [4.69, 9.17) is 4.74 Å². The first kappa shape index (κ1) is 52.3. The van der Waals surface area contributed by atoms with Crippen molar-refractivity contribution in [2.75, 3.05) is 51.0 Å². The summed E-state index contributed by atoms with van der Waals surface area (Å²) in [5.74, 6) is -10.1. The van der Waals surface area contributed by atoms with Crippen LogP contribution < -0.4 is 21.3 Å². The van der Waals surface area contributed by atoms with E-state index < -0.39 is 99.4 Å². The summed E-state index contributed by atoms with van der Waals surface area (Å²) < 4.78 is 4.02. The van der Waals surface area contributed by atoms with Gasteiger partial charge in [-0.25, -0.2) is 0 Å². The predicted octanol–water partition coefficient (Wildman–Crippen LogP) is 0.731. The molecule has 0 aliphatic carbocycles. The average molecular weight is 934 g/mol. The number of Topliss-reactive ketones (excluding diaryl/α,β-unsaturated/α-hetero) is 7. The highest BCUT2D eigenvalue weighted by molar-refractivity contribution is 8.94. The SMILES string of the molecule is CNC(=O)CCNC(=O)CCc1ccc(NC(=O)COCC(=O)NC[C@@H](CC(=O)CCSC2CC(=O)N(CCC(=O)C3(C(C)=O)SS3)C2=O)C(=O)C(C(C)=O)(C(C)=O)C(C)=O)cc1. The van der Waals surface area contributed by atoms with E-state index in [-0.39, 0.29) is 74.3 Å². The van der Waals surface area contributed by atoms with E-state index in [2.05, 4.69) is 21.3 Å². The molecule has 0 bridgehead atoms. The molecule has 2 atom stereocenters. The summed E-state index contributed by atoms with van der Waals surface area (Å²) in [6, 6.07) is 6.64. The van der Waals surface area contributed by atoms with Gasteiger partial charge in [-0.1, -0.05) is 33.7 Å². The van der Waals surface area contributed by atoms with E-state index in [1.807, 2.05) is 0 Å². The molecule has 1 unspecified atom stereocenters. The maximum atomic E-state index is 13.9. The van der Waals surface area contributed by atoms with Crippen LogP contribution in [-0.2, 0) is 73.5 Å². The van der Waals surface area contributed by atoms with Crippen molar-refractivity contribution in [3.8, 4) is 0 Å². The number of rotatable bonds is 29. The number of amides is 6. The predicted molar refractivity (Wildman–Crippen MR) is 232 cm³/mol. The number of hydrogen-bond donors (Lipinski definition) is 4. The maximum Gasteiger partial charge on any atom is 0.250 e. The number of likely N-dealkylation sites (tertiary alicyclic amines) is 1. The minimum Gasteiger partial charge on any atom is -0.362 e. The third-order valence-corrected chi connectivity index (χ3v) is 14.4. The molecule has 6 amide bonds. The number of ketones is 7. The van der Waals surface area contributed by atoms with Gasteiger partial charge in [-0.15, -0.1) is 11.8 Å². The van der Waals surface area contributed by atoms with Crippen LogP contribution in [0.4, 0.5) is 5.69 Å². The van der Waals surface area contributed by atoms with Crippen LogP contribution in [0.1, 0.15) is 71.8 Å². The molecule has 0 aromatic heterocycles. The van der Waals surface area contributed by atoms with Gasteiger partial charge < -0.3 is 26.0 Å². The van der Waals surface area contributed by atoms with Crippen molar-refractivity contribution in [2.24, 2.45) is 11.3 Å². The smallest absolute Gasteiger partial charge is 0.250 e. The van der Waals surface area contributed by atoms with Gasteiger partial charge in [-0.2, -0.15) is 0 Å². The van der Waals surface area contributed by atoms with E-state index in [9.17, 15) is 62.3 Å². The van der Waals surface area contributed by atoms with E-state index in [0.717, 1.165) is 64.6 Å². The Hall–Kier alpha value is -5.06. The van der Waals surface area contributed by atoms with Crippen molar-refractivity contribution in [3.05, 3.63) is 29.8 Å². The van der Waals surface area contributed by atoms with E-state index >= 15 is 0 Å². The van der Waals surface area contributed by atoms with Crippen molar-refractivity contribution in [2.45, 2.75) is 82.0 Å². The lowest BCUT2D eigenvalue weighted by Crippen LogP contribution is -2.54. The van der Waals surface area contributed by atoms with E-state index in [1.54, 1.807) is 24.3 Å². The molecule has 2 heterocycles. The Morgan fingerprint density at radius 3 is 2.00 bits per heavy atom. The molecule has 2 fully saturated rings. The molecule has 2 aliphatic rings. The first-order valence-electron chi connectivity index (χ1n) is 19.9. The monoisotopic (exact) mass is 933 g/mol. The molecule has 1 aromatic carbocycles. The number of nitrogens with one attached hydrogen (secondary N) is 4. The number of carbonyl (C=O) groups excluding carboxylic acids is 13. The minimum absolute atomic E-state index is 0.0157. The van der Waals surface area contributed by atoms with E-state index in [0.29, 0.717) is 12.1 Å². The minimum atomic E-state index is -2.72. The van der Waals surface area contributed by atoms with Crippen LogP contribution in [0.25, 0.3) is 0 Å². The fraction of sp³-hybridized carbons (Fsp3) is 0.537. The largest absolute Gasteiger partial charge is 0.362 e. The molecule has 0 radical (unpaired) electrons. The lowest BCUT2D eigenvalue weighted by molar-refractivity contribution is -0.155. The number of benzene rings is 1. The molecule has 0 spiro atoms. The van der Waals surface area contributed by atoms with Crippen molar-refractivity contribution < 1.29 is 67.1 Å². The fourth-order valence-electron chi connectivity index (χ4n) is 6.63.